The van der Waals surface area contributed by atoms with Crippen LogP contribution in [0, 0.1) is 11.6 Å². The van der Waals surface area contributed by atoms with Crippen molar-refractivity contribution in [2.75, 3.05) is 18.9 Å². The second-order valence-corrected chi connectivity index (χ2v) is 8.43. The van der Waals surface area contributed by atoms with Crippen molar-refractivity contribution in [2.24, 2.45) is 4.40 Å². The predicted molar refractivity (Wildman–Crippen MR) is 106 cm³/mol. The fourth-order valence-corrected chi connectivity index (χ4v) is 4.18. The van der Waals surface area contributed by atoms with E-state index in [-0.39, 0.29) is 16.1 Å². The van der Waals surface area contributed by atoms with Crippen LogP contribution in [0.4, 0.5) is 14.5 Å². The van der Waals surface area contributed by atoms with E-state index < -0.39 is 27.6 Å². The van der Waals surface area contributed by atoms with Crippen LogP contribution in [0.1, 0.15) is 36.0 Å². The maximum absolute atomic E-state index is 13.8. The average Bonchev–Trinajstić information content (AvgIpc) is 2.86. The van der Waals surface area contributed by atoms with Crippen molar-refractivity contribution in [3.63, 3.8) is 0 Å². The Bertz CT molecular complexity index is 1050. The highest BCUT2D eigenvalue weighted by atomic mass is 32.2. The molecule has 0 aromatic heterocycles. The van der Waals surface area contributed by atoms with Gasteiger partial charge in [0.15, 0.2) is 0 Å². The Kier molecular flexibility index (Phi) is 6.26. The summed E-state index contributed by atoms with van der Waals surface area (Å²) in [5.41, 5.74) is -0.186. The number of halogens is 2. The highest BCUT2D eigenvalue weighted by Crippen LogP contribution is 2.21. The molecule has 154 valence electrons. The van der Waals surface area contributed by atoms with Gasteiger partial charge in [-0.15, -0.1) is 4.40 Å². The molecule has 3 rings (SSSR count). The minimum Gasteiger partial charge on any atom is -0.362 e. The van der Waals surface area contributed by atoms with Gasteiger partial charge < -0.3 is 10.2 Å². The van der Waals surface area contributed by atoms with Crippen molar-refractivity contribution in [1.29, 1.82) is 0 Å². The maximum Gasteiger partial charge on any atom is 0.284 e. The van der Waals surface area contributed by atoms with Gasteiger partial charge in [0.25, 0.3) is 15.9 Å². The highest BCUT2D eigenvalue weighted by molar-refractivity contribution is 7.90. The zero-order valence-corrected chi connectivity index (χ0v) is 16.7. The van der Waals surface area contributed by atoms with Crippen molar-refractivity contribution in [2.45, 2.75) is 30.6 Å². The third kappa shape index (κ3) is 5.17. The number of benzene rings is 2. The molecule has 1 saturated heterocycles. The van der Waals surface area contributed by atoms with Gasteiger partial charge in [0.05, 0.1) is 10.5 Å². The maximum atomic E-state index is 13.8. The summed E-state index contributed by atoms with van der Waals surface area (Å²) in [5, 5.41) is 2.43. The number of amides is 1. The largest absolute Gasteiger partial charge is 0.362 e. The molecule has 0 radical (unpaired) electrons. The Morgan fingerprint density at radius 3 is 2.66 bits per heavy atom. The number of amidine groups is 1. The van der Waals surface area contributed by atoms with Crippen molar-refractivity contribution < 1.29 is 22.0 Å². The normalized spacial score (nSPS) is 16.5. The van der Waals surface area contributed by atoms with E-state index >= 15 is 0 Å². The van der Waals surface area contributed by atoms with Crippen molar-refractivity contribution in [3.05, 3.63) is 59.7 Å². The Morgan fingerprint density at radius 2 is 1.90 bits per heavy atom. The van der Waals surface area contributed by atoms with E-state index in [2.05, 4.69) is 9.71 Å². The number of carbonyl (C=O) groups is 1. The van der Waals surface area contributed by atoms with E-state index in [9.17, 15) is 22.0 Å². The zero-order chi connectivity index (χ0) is 21.0. The number of hydrogen-bond donors (Lipinski definition) is 1. The van der Waals surface area contributed by atoms with Gasteiger partial charge in [-0.05, 0) is 43.2 Å². The Balaban J connectivity index is 1.84. The number of hydrogen-bond acceptors (Lipinski definition) is 3. The summed E-state index contributed by atoms with van der Waals surface area (Å²) >= 11 is 0. The molecule has 0 unspecified atom stereocenters. The van der Waals surface area contributed by atoms with Crippen LogP contribution in [0.15, 0.2) is 51.8 Å². The van der Waals surface area contributed by atoms with Gasteiger partial charge in [0, 0.05) is 31.8 Å². The summed E-state index contributed by atoms with van der Waals surface area (Å²) in [6.45, 7) is 0.744. The number of nitrogens with zero attached hydrogens (tertiary/aromatic N) is 2. The SMILES string of the molecule is CN1CCCCCC1=NS(=O)(=O)c1cccc(NC(=O)c2ccc(F)cc2F)c1. The van der Waals surface area contributed by atoms with Gasteiger partial charge in [0.1, 0.15) is 17.5 Å². The lowest BCUT2D eigenvalue weighted by atomic mass is 10.2. The first-order valence-corrected chi connectivity index (χ1v) is 10.6. The molecular weight excluding hydrogens is 400 g/mol. The summed E-state index contributed by atoms with van der Waals surface area (Å²) < 4.78 is 56.2. The van der Waals surface area contributed by atoms with E-state index in [1.165, 1.54) is 24.3 Å². The molecule has 2 aromatic rings. The number of likely N-dealkylation sites (tertiary alicyclic amines) is 1. The Hall–Kier alpha value is -2.81. The van der Waals surface area contributed by atoms with Crippen LogP contribution < -0.4 is 5.32 Å². The second-order valence-electron chi connectivity index (χ2n) is 6.82. The van der Waals surface area contributed by atoms with Gasteiger partial charge in [-0.2, -0.15) is 8.42 Å². The van der Waals surface area contributed by atoms with Gasteiger partial charge in [-0.25, -0.2) is 8.78 Å². The van der Waals surface area contributed by atoms with Crippen LogP contribution in [-0.2, 0) is 10.0 Å². The highest BCUT2D eigenvalue weighted by Gasteiger charge is 2.19. The van der Waals surface area contributed by atoms with E-state index in [4.69, 9.17) is 0 Å². The summed E-state index contributed by atoms with van der Waals surface area (Å²) in [5.74, 6) is -2.11. The van der Waals surface area contributed by atoms with Crippen LogP contribution in [0.2, 0.25) is 0 Å². The summed E-state index contributed by atoms with van der Waals surface area (Å²) in [6.07, 6.45) is 3.45. The van der Waals surface area contributed by atoms with Gasteiger partial charge in [-0.3, -0.25) is 4.79 Å². The summed E-state index contributed by atoms with van der Waals surface area (Å²) in [7, 11) is -2.16. The lowest BCUT2D eigenvalue weighted by Crippen LogP contribution is -2.26. The molecule has 6 nitrogen and oxygen atoms in total. The first-order valence-electron chi connectivity index (χ1n) is 9.18. The fraction of sp³-hybridized carbons (Fsp3) is 0.300. The molecule has 1 fully saturated rings. The first kappa shape index (κ1) is 20.9. The van der Waals surface area contributed by atoms with Crippen LogP contribution >= 0.6 is 0 Å². The topological polar surface area (TPSA) is 78.8 Å². The molecule has 2 aromatic carbocycles. The fourth-order valence-electron chi connectivity index (χ4n) is 3.04. The van der Waals surface area contributed by atoms with E-state index in [1.807, 2.05) is 11.9 Å². The third-order valence-corrected chi connectivity index (χ3v) is 5.93. The zero-order valence-electron chi connectivity index (χ0n) is 15.9. The standard InChI is InChI=1S/C20H21F2N3O3S/c1-25-11-4-2-3-8-19(25)24-29(27,28)16-7-5-6-15(13-16)23-20(26)17-10-9-14(21)12-18(17)22/h5-7,9-10,12-13H,2-4,8,11H2,1H3,(H,23,26). The molecule has 9 heteroatoms. The summed E-state index contributed by atoms with van der Waals surface area (Å²) in [6, 6.07) is 8.17. The predicted octanol–water partition coefficient (Wildman–Crippen LogP) is 3.81. The molecule has 0 saturated carbocycles. The van der Waals surface area contributed by atoms with E-state index in [1.54, 1.807) is 0 Å². The Labute approximate surface area is 168 Å². The van der Waals surface area contributed by atoms with Crippen LogP contribution in [-0.4, -0.2) is 38.7 Å². The molecule has 0 atom stereocenters. The number of anilines is 1. The lowest BCUT2D eigenvalue weighted by Gasteiger charge is -2.17. The minimum absolute atomic E-state index is 0.0833. The van der Waals surface area contributed by atoms with Gasteiger partial charge in [0.2, 0.25) is 0 Å². The van der Waals surface area contributed by atoms with Gasteiger partial charge in [-0.1, -0.05) is 12.5 Å². The molecule has 29 heavy (non-hydrogen) atoms. The summed E-state index contributed by atoms with van der Waals surface area (Å²) in [4.78, 5) is 14.0. The average molecular weight is 421 g/mol. The van der Waals surface area contributed by atoms with Crippen molar-refractivity contribution >= 4 is 27.5 Å². The molecule has 1 N–H and O–H groups in total. The number of carbonyl (C=O) groups excluding carboxylic acids is 1. The third-order valence-electron chi connectivity index (χ3n) is 4.63. The lowest BCUT2D eigenvalue weighted by molar-refractivity contribution is 0.102. The van der Waals surface area contributed by atoms with Crippen molar-refractivity contribution in [1.82, 2.24) is 4.90 Å². The van der Waals surface area contributed by atoms with E-state index in [0.29, 0.717) is 18.3 Å². The molecule has 1 heterocycles. The first-order chi connectivity index (χ1) is 13.8. The molecule has 1 aliphatic heterocycles. The second kappa shape index (κ2) is 8.69. The molecular formula is C20H21F2N3O3S. The molecule has 0 spiro atoms. The van der Waals surface area contributed by atoms with Gasteiger partial charge >= 0.3 is 0 Å². The quantitative estimate of drug-likeness (QED) is 0.814. The van der Waals surface area contributed by atoms with Crippen molar-refractivity contribution in [3.8, 4) is 0 Å². The smallest absolute Gasteiger partial charge is 0.284 e. The number of rotatable bonds is 4. The van der Waals surface area contributed by atoms with E-state index in [0.717, 1.165) is 37.9 Å². The monoisotopic (exact) mass is 421 g/mol. The van der Waals surface area contributed by atoms with Crippen LogP contribution in [0.25, 0.3) is 0 Å². The number of nitrogens with one attached hydrogen (secondary N) is 1. The minimum atomic E-state index is -3.97. The Morgan fingerprint density at radius 1 is 1.10 bits per heavy atom. The molecule has 1 aliphatic rings. The molecule has 1 amide bonds. The van der Waals surface area contributed by atoms with Crippen LogP contribution in [0.5, 0.6) is 0 Å². The molecule has 0 bridgehead atoms. The molecule has 0 aliphatic carbocycles. The number of sulfonamides is 1. The van der Waals surface area contributed by atoms with Crippen LogP contribution in [0.3, 0.4) is 0 Å².